The first-order chi connectivity index (χ1) is 14.4. The third kappa shape index (κ3) is 4.07. The van der Waals surface area contributed by atoms with E-state index >= 15 is 0 Å². The van der Waals surface area contributed by atoms with Crippen LogP contribution >= 0.6 is 11.6 Å². The first kappa shape index (κ1) is 20.5. The first-order valence-electron chi connectivity index (χ1n) is 10.2. The Hall–Kier alpha value is -2.82. The zero-order valence-electron chi connectivity index (χ0n) is 17.1. The first-order valence-corrected chi connectivity index (χ1v) is 10.5. The molecule has 0 aromatic heterocycles. The van der Waals surface area contributed by atoms with Gasteiger partial charge in [0.2, 0.25) is 0 Å². The number of halogens is 1. The summed E-state index contributed by atoms with van der Waals surface area (Å²) in [6, 6.07) is 18.5. The molecule has 30 heavy (non-hydrogen) atoms. The number of hydrogen-bond donors (Lipinski definition) is 3. The Balaban J connectivity index is 1.70. The van der Waals surface area contributed by atoms with Crippen LogP contribution in [0.25, 0.3) is 0 Å². The fraction of sp³-hybridized carbons (Fsp3) is 0.240. The van der Waals surface area contributed by atoms with Gasteiger partial charge in [-0.15, -0.1) is 0 Å². The minimum atomic E-state index is -0.898. The molecule has 3 aromatic rings. The van der Waals surface area contributed by atoms with Gasteiger partial charge in [0.15, 0.2) is 0 Å². The van der Waals surface area contributed by atoms with Crippen LogP contribution in [0.2, 0.25) is 5.02 Å². The average Bonchev–Trinajstić information content (AvgIpc) is 2.75. The molecular weight excluding hydrogens is 396 g/mol. The van der Waals surface area contributed by atoms with E-state index in [1.165, 1.54) is 5.56 Å². The highest BCUT2D eigenvalue weighted by Crippen LogP contribution is 2.36. The van der Waals surface area contributed by atoms with Crippen molar-refractivity contribution >= 4 is 28.9 Å². The Morgan fingerprint density at radius 3 is 2.70 bits per heavy atom. The summed E-state index contributed by atoms with van der Waals surface area (Å²) in [5.41, 5.74) is 5.58. The summed E-state index contributed by atoms with van der Waals surface area (Å²) in [5, 5.41) is 17.8. The van der Waals surface area contributed by atoms with Crippen LogP contribution in [0.3, 0.4) is 0 Å². The lowest BCUT2D eigenvalue weighted by Gasteiger charge is -2.27. The number of anilines is 2. The van der Waals surface area contributed by atoms with E-state index in [0.29, 0.717) is 27.8 Å². The molecule has 5 heteroatoms. The molecule has 1 heterocycles. The second kappa shape index (κ2) is 8.50. The summed E-state index contributed by atoms with van der Waals surface area (Å²) in [6.45, 7) is 5.04. The molecular formula is C25H25ClN2O2. The number of fused-ring (bicyclic) bond motifs is 1. The van der Waals surface area contributed by atoms with Crippen LogP contribution in [0, 0.1) is 6.92 Å². The summed E-state index contributed by atoms with van der Waals surface area (Å²) in [7, 11) is 0. The smallest absolute Gasteiger partial charge is 0.257 e. The third-order valence-corrected chi connectivity index (χ3v) is 5.87. The predicted octanol–water partition coefficient (Wildman–Crippen LogP) is 5.90. The van der Waals surface area contributed by atoms with Crippen LogP contribution in [-0.4, -0.2) is 17.6 Å². The van der Waals surface area contributed by atoms with Gasteiger partial charge in [0.25, 0.3) is 5.91 Å². The van der Waals surface area contributed by atoms with Crippen molar-refractivity contribution in [2.45, 2.75) is 32.3 Å². The van der Waals surface area contributed by atoms with Gasteiger partial charge < -0.3 is 15.7 Å². The molecule has 3 aromatic carbocycles. The highest BCUT2D eigenvalue weighted by Gasteiger charge is 2.24. The molecule has 1 aliphatic heterocycles. The van der Waals surface area contributed by atoms with Gasteiger partial charge in [-0.1, -0.05) is 54.9 Å². The van der Waals surface area contributed by atoms with E-state index in [2.05, 4.69) is 23.6 Å². The number of hydrogen-bond acceptors (Lipinski definition) is 3. The van der Waals surface area contributed by atoms with E-state index < -0.39 is 6.10 Å². The monoisotopic (exact) mass is 420 g/mol. The number of aliphatic hydroxyl groups excluding tert-OH is 1. The van der Waals surface area contributed by atoms with Crippen LogP contribution in [0.5, 0.6) is 0 Å². The van der Waals surface area contributed by atoms with Crippen LogP contribution < -0.4 is 10.6 Å². The van der Waals surface area contributed by atoms with E-state index in [1.807, 2.05) is 43.3 Å². The number of amides is 1. The van der Waals surface area contributed by atoms with E-state index in [1.54, 1.807) is 18.2 Å². The molecule has 3 N–H and O–H groups in total. The highest BCUT2D eigenvalue weighted by atomic mass is 35.5. The van der Waals surface area contributed by atoms with Crippen molar-refractivity contribution in [3.8, 4) is 0 Å². The Labute approximate surface area is 181 Å². The molecule has 0 saturated carbocycles. The van der Waals surface area contributed by atoms with Crippen molar-refractivity contribution in [3.63, 3.8) is 0 Å². The summed E-state index contributed by atoms with van der Waals surface area (Å²) >= 11 is 6.20. The van der Waals surface area contributed by atoms with Crippen LogP contribution in [-0.2, 0) is 0 Å². The summed E-state index contributed by atoms with van der Waals surface area (Å²) in [6.07, 6.45) is 0.145. The van der Waals surface area contributed by atoms with Gasteiger partial charge in [-0.3, -0.25) is 4.79 Å². The van der Waals surface area contributed by atoms with Gasteiger partial charge in [0, 0.05) is 22.8 Å². The Morgan fingerprint density at radius 1 is 1.17 bits per heavy atom. The minimum absolute atomic E-state index is 0.208. The second-order valence-corrected chi connectivity index (χ2v) is 8.33. The fourth-order valence-electron chi connectivity index (χ4n) is 4.03. The minimum Gasteiger partial charge on any atom is -0.384 e. The van der Waals surface area contributed by atoms with Crippen molar-refractivity contribution in [1.29, 1.82) is 0 Å². The molecule has 1 amide bonds. The van der Waals surface area contributed by atoms with E-state index in [9.17, 15) is 9.90 Å². The molecule has 2 unspecified atom stereocenters. The molecule has 4 rings (SSSR count). The molecule has 0 fully saturated rings. The average molecular weight is 421 g/mol. The molecule has 0 aliphatic carbocycles. The maximum absolute atomic E-state index is 13.3. The number of aryl methyl sites for hydroxylation is 1. The molecule has 0 bridgehead atoms. The summed E-state index contributed by atoms with van der Waals surface area (Å²) in [5.74, 6) is 0.194. The van der Waals surface area contributed by atoms with Gasteiger partial charge in [0.1, 0.15) is 6.10 Å². The van der Waals surface area contributed by atoms with Crippen molar-refractivity contribution < 1.29 is 9.90 Å². The lowest BCUT2D eigenvalue weighted by Crippen LogP contribution is -2.22. The fourth-order valence-corrected chi connectivity index (χ4v) is 4.21. The van der Waals surface area contributed by atoms with Crippen molar-refractivity contribution in [3.05, 3.63) is 93.5 Å². The molecule has 0 spiro atoms. The van der Waals surface area contributed by atoms with Crippen LogP contribution in [0.1, 0.15) is 58.0 Å². The predicted molar refractivity (Wildman–Crippen MR) is 123 cm³/mol. The zero-order chi connectivity index (χ0) is 21.3. The maximum atomic E-state index is 13.3. The van der Waals surface area contributed by atoms with Gasteiger partial charge in [0.05, 0.1) is 11.3 Å². The molecule has 0 saturated heterocycles. The van der Waals surface area contributed by atoms with Gasteiger partial charge in [-0.2, -0.15) is 0 Å². The second-order valence-electron chi connectivity index (χ2n) is 7.89. The Bertz CT molecular complexity index is 1080. The van der Waals surface area contributed by atoms with Gasteiger partial charge in [-0.05, 0) is 60.2 Å². The molecule has 1 aliphatic rings. The molecule has 2 atom stereocenters. The number of benzene rings is 3. The quantitative estimate of drug-likeness (QED) is 0.492. The summed E-state index contributed by atoms with van der Waals surface area (Å²) < 4.78 is 0. The SMILES string of the molecule is Cc1cc(C(=O)Nc2ccc(Cl)cc2C(O)c2ccccc2)c2c(c1)C(C)CCN2. The lowest BCUT2D eigenvalue weighted by atomic mass is 9.88. The van der Waals surface area contributed by atoms with Crippen molar-refractivity contribution in [2.24, 2.45) is 0 Å². The molecule has 0 radical (unpaired) electrons. The number of carbonyl (C=O) groups is 1. The number of rotatable bonds is 4. The Kier molecular flexibility index (Phi) is 5.80. The normalized spacial score (nSPS) is 16.3. The maximum Gasteiger partial charge on any atom is 0.257 e. The molecule has 154 valence electrons. The van der Waals surface area contributed by atoms with Crippen molar-refractivity contribution in [2.75, 3.05) is 17.2 Å². The van der Waals surface area contributed by atoms with E-state index in [4.69, 9.17) is 11.6 Å². The molecule has 4 nitrogen and oxygen atoms in total. The Morgan fingerprint density at radius 2 is 1.93 bits per heavy atom. The van der Waals surface area contributed by atoms with E-state index in [-0.39, 0.29) is 5.91 Å². The standard InChI is InChI=1S/C25H25ClN2O2/c1-15-12-19-16(2)10-11-27-23(19)21(13-15)25(30)28-22-9-8-18(26)14-20(22)24(29)17-6-4-3-5-7-17/h3-9,12-14,16,24,27,29H,10-11H2,1-2H3,(H,28,30). The van der Waals surface area contributed by atoms with Gasteiger partial charge >= 0.3 is 0 Å². The summed E-state index contributed by atoms with van der Waals surface area (Å²) in [4.78, 5) is 13.3. The largest absolute Gasteiger partial charge is 0.384 e. The number of aliphatic hydroxyl groups is 1. The number of carbonyl (C=O) groups excluding carboxylic acids is 1. The highest BCUT2D eigenvalue weighted by molar-refractivity contribution is 6.30. The van der Waals surface area contributed by atoms with Crippen LogP contribution in [0.15, 0.2) is 60.7 Å². The zero-order valence-corrected chi connectivity index (χ0v) is 17.8. The lowest BCUT2D eigenvalue weighted by molar-refractivity contribution is 0.102. The third-order valence-electron chi connectivity index (χ3n) is 5.64. The number of nitrogens with one attached hydrogen (secondary N) is 2. The van der Waals surface area contributed by atoms with Gasteiger partial charge in [-0.25, -0.2) is 0 Å². The van der Waals surface area contributed by atoms with Crippen molar-refractivity contribution in [1.82, 2.24) is 0 Å². The topological polar surface area (TPSA) is 61.4 Å². The van der Waals surface area contributed by atoms with Crippen LogP contribution in [0.4, 0.5) is 11.4 Å². The van der Waals surface area contributed by atoms with E-state index in [0.717, 1.165) is 29.8 Å².